The second kappa shape index (κ2) is 11.3. The lowest BCUT2D eigenvalue weighted by atomic mass is 10.2. The second-order valence-electron chi connectivity index (χ2n) is 4.29. The summed E-state index contributed by atoms with van der Waals surface area (Å²) in [6.45, 7) is 1.95. The van der Waals surface area contributed by atoms with Crippen LogP contribution >= 0.6 is 24.0 Å². The number of guanidine groups is 1. The van der Waals surface area contributed by atoms with Crippen LogP contribution in [-0.2, 0) is 10.9 Å². The van der Waals surface area contributed by atoms with E-state index in [4.69, 9.17) is 9.47 Å². The summed E-state index contributed by atoms with van der Waals surface area (Å²) in [5.41, 5.74) is -0.694. The highest BCUT2D eigenvalue weighted by atomic mass is 127. The number of halogens is 4. The quantitative estimate of drug-likeness (QED) is 0.292. The van der Waals surface area contributed by atoms with Crippen molar-refractivity contribution in [1.29, 1.82) is 0 Å². The molecule has 0 saturated heterocycles. The van der Waals surface area contributed by atoms with Crippen molar-refractivity contribution in [3.63, 3.8) is 0 Å². The zero-order valence-electron chi connectivity index (χ0n) is 12.9. The van der Waals surface area contributed by atoms with Crippen LogP contribution in [0.15, 0.2) is 29.3 Å². The fourth-order valence-electron chi connectivity index (χ4n) is 1.57. The Hall–Kier alpha value is -1.23. The number of nitrogens with one attached hydrogen (secondary N) is 2. The van der Waals surface area contributed by atoms with E-state index in [0.717, 1.165) is 12.1 Å². The summed E-state index contributed by atoms with van der Waals surface area (Å²) in [6.07, 6.45) is -4.33. The fraction of sp³-hybridized carbons (Fsp3) is 0.500. The van der Waals surface area contributed by atoms with Gasteiger partial charge in [-0.25, -0.2) is 0 Å². The van der Waals surface area contributed by atoms with Crippen LogP contribution in [0.25, 0.3) is 0 Å². The first-order chi connectivity index (χ1) is 10.5. The summed E-state index contributed by atoms with van der Waals surface area (Å²) in [7, 11) is 3.24. The van der Waals surface area contributed by atoms with Crippen molar-refractivity contribution in [1.82, 2.24) is 10.6 Å². The number of ether oxygens (including phenoxy) is 2. The zero-order chi connectivity index (χ0) is 16.4. The molecule has 0 aromatic heterocycles. The molecule has 0 aliphatic carbocycles. The summed E-state index contributed by atoms with van der Waals surface area (Å²) >= 11 is 0. The predicted molar refractivity (Wildman–Crippen MR) is 93.6 cm³/mol. The smallest absolute Gasteiger partial charge is 0.416 e. The van der Waals surface area contributed by atoms with Gasteiger partial charge >= 0.3 is 6.18 Å². The number of methoxy groups -OCH3 is 1. The van der Waals surface area contributed by atoms with E-state index in [1.165, 1.54) is 12.1 Å². The number of aliphatic imine (C=N–C) groups is 1. The molecule has 0 aliphatic rings. The molecule has 2 N–H and O–H groups in total. The van der Waals surface area contributed by atoms with Gasteiger partial charge in [-0.1, -0.05) is 0 Å². The molecule has 0 spiro atoms. The number of benzene rings is 1. The van der Waals surface area contributed by atoms with E-state index in [1.807, 2.05) is 0 Å². The topological polar surface area (TPSA) is 54.9 Å². The number of nitrogens with zero attached hydrogens (tertiary/aromatic N) is 1. The van der Waals surface area contributed by atoms with Crippen LogP contribution in [0, 0.1) is 0 Å². The van der Waals surface area contributed by atoms with Crippen molar-refractivity contribution in [2.75, 3.05) is 40.5 Å². The normalized spacial score (nSPS) is 11.6. The Labute approximate surface area is 150 Å². The van der Waals surface area contributed by atoms with Gasteiger partial charge in [0.1, 0.15) is 12.4 Å². The lowest BCUT2D eigenvalue weighted by Crippen LogP contribution is -2.40. The van der Waals surface area contributed by atoms with E-state index in [1.54, 1.807) is 14.2 Å². The molecule has 0 radical (unpaired) electrons. The van der Waals surface area contributed by atoms with Crippen LogP contribution in [0.3, 0.4) is 0 Å². The second-order valence-corrected chi connectivity index (χ2v) is 4.29. The summed E-state index contributed by atoms with van der Waals surface area (Å²) in [4.78, 5) is 4.00. The molecule has 0 atom stereocenters. The Morgan fingerprint density at radius 2 is 1.65 bits per heavy atom. The molecule has 132 valence electrons. The SMILES string of the molecule is CN=C(NCCOC)NCCOc1ccc(C(F)(F)F)cc1.I. The van der Waals surface area contributed by atoms with Gasteiger partial charge in [0, 0.05) is 20.7 Å². The van der Waals surface area contributed by atoms with Gasteiger partial charge in [-0.2, -0.15) is 13.2 Å². The molecule has 1 aromatic carbocycles. The number of alkyl halides is 3. The summed E-state index contributed by atoms with van der Waals surface area (Å²) in [6, 6.07) is 4.59. The van der Waals surface area contributed by atoms with Crippen LogP contribution < -0.4 is 15.4 Å². The molecule has 1 rings (SSSR count). The molecule has 0 amide bonds. The molecule has 0 aliphatic heterocycles. The van der Waals surface area contributed by atoms with E-state index in [9.17, 15) is 13.2 Å². The van der Waals surface area contributed by atoms with E-state index in [0.29, 0.717) is 38.0 Å². The Morgan fingerprint density at radius 3 is 2.13 bits per heavy atom. The van der Waals surface area contributed by atoms with Gasteiger partial charge in [0.05, 0.1) is 18.7 Å². The average Bonchev–Trinajstić information content (AvgIpc) is 2.49. The van der Waals surface area contributed by atoms with Crippen molar-refractivity contribution in [2.24, 2.45) is 4.99 Å². The largest absolute Gasteiger partial charge is 0.492 e. The first kappa shape index (κ1) is 21.8. The number of rotatable bonds is 7. The number of hydrogen-bond donors (Lipinski definition) is 2. The molecule has 9 heteroatoms. The molecule has 0 saturated carbocycles. The fourth-order valence-corrected chi connectivity index (χ4v) is 1.57. The maximum absolute atomic E-state index is 12.4. The molecule has 0 unspecified atom stereocenters. The van der Waals surface area contributed by atoms with Crippen molar-refractivity contribution in [3.05, 3.63) is 29.8 Å². The highest BCUT2D eigenvalue weighted by Crippen LogP contribution is 2.30. The van der Waals surface area contributed by atoms with Crippen molar-refractivity contribution < 1.29 is 22.6 Å². The van der Waals surface area contributed by atoms with Crippen LogP contribution in [0.2, 0.25) is 0 Å². The summed E-state index contributed by atoms with van der Waals surface area (Å²) in [5, 5.41) is 6.04. The minimum Gasteiger partial charge on any atom is -0.492 e. The van der Waals surface area contributed by atoms with Crippen molar-refractivity contribution in [2.45, 2.75) is 6.18 Å². The molecule has 0 heterocycles. The van der Waals surface area contributed by atoms with Gasteiger partial charge in [0.25, 0.3) is 0 Å². The average molecular weight is 447 g/mol. The van der Waals surface area contributed by atoms with Gasteiger partial charge in [-0.15, -0.1) is 24.0 Å². The molecule has 0 fully saturated rings. The monoisotopic (exact) mass is 447 g/mol. The highest BCUT2D eigenvalue weighted by molar-refractivity contribution is 14.0. The van der Waals surface area contributed by atoms with Gasteiger partial charge in [-0.3, -0.25) is 4.99 Å². The van der Waals surface area contributed by atoms with Crippen molar-refractivity contribution >= 4 is 29.9 Å². The van der Waals surface area contributed by atoms with Gasteiger partial charge in [0.15, 0.2) is 5.96 Å². The molecule has 1 aromatic rings. The van der Waals surface area contributed by atoms with Crippen LogP contribution in [0.4, 0.5) is 13.2 Å². The standard InChI is InChI=1S/C14H20F3N3O2.HI/c1-18-13(19-7-9-21-2)20-8-10-22-12-5-3-11(4-6-12)14(15,16)17;/h3-6H,7-10H2,1-2H3,(H2,18,19,20);1H. The lowest BCUT2D eigenvalue weighted by Gasteiger charge is -2.12. The zero-order valence-corrected chi connectivity index (χ0v) is 15.3. The Bertz CT molecular complexity index is 467. The maximum atomic E-state index is 12.4. The van der Waals surface area contributed by atoms with Crippen LogP contribution in [0.1, 0.15) is 5.56 Å². The summed E-state index contributed by atoms with van der Waals surface area (Å²) in [5.74, 6) is 0.991. The van der Waals surface area contributed by atoms with Gasteiger partial charge in [-0.05, 0) is 24.3 Å². The first-order valence-electron chi connectivity index (χ1n) is 6.71. The van der Waals surface area contributed by atoms with Crippen molar-refractivity contribution in [3.8, 4) is 5.75 Å². The Morgan fingerprint density at radius 1 is 1.09 bits per heavy atom. The van der Waals surface area contributed by atoms with E-state index in [2.05, 4.69) is 15.6 Å². The van der Waals surface area contributed by atoms with E-state index in [-0.39, 0.29) is 24.0 Å². The molecule has 5 nitrogen and oxygen atoms in total. The Kier molecular flexibility index (Phi) is 10.7. The first-order valence-corrected chi connectivity index (χ1v) is 6.71. The van der Waals surface area contributed by atoms with E-state index < -0.39 is 11.7 Å². The predicted octanol–water partition coefficient (Wildman–Crippen LogP) is 2.51. The minimum atomic E-state index is -4.33. The lowest BCUT2D eigenvalue weighted by molar-refractivity contribution is -0.137. The van der Waals surface area contributed by atoms with Crippen LogP contribution in [0.5, 0.6) is 5.75 Å². The van der Waals surface area contributed by atoms with Gasteiger partial charge in [0.2, 0.25) is 0 Å². The summed E-state index contributed by atoms with van der Waals surface area (Å²) < 4.78 is 47.5. The maximum Gasteiger partial charge on any atom is 0.416 e. The van der Waals surface area contributed by atoms with Crippen LogP contribution in [-0.4, -0.2) is 46.4 Å². The number of hydrogen-bond acceptors (Lipinski definition) is 3. The highest BCUT2D eigenvalue weighted by Gasteiger charge is 2.29. The third-order valence-corrected chi connectivity index (χ3v) is 2.67. The molecular formula is C14H21F3IN3O2. The van der Waals surface area contributed by atoms with Gasteiger partial charge < -0.3 is 20.1 Å². The Balaban J connectivity index is 0.00000484. The third-order valence-electron chi connectivity index (χ3n) is 2.67. The third kappa shape index (κ3) is 8.84. The molecule has 0 bridgehead atoms. The minimum absolute atomic E-state index is 0. The molecular weight excluding hydrogens is 426 g/mol. The molecule has 23 heavy (non-hydrogen) atoms. The van der Waals surface area contributed by atoms with E-state index >= 15 is 0 Å².